The summed E-state index contributed by atoms with van der Waals surface area (Å²) in [7, 11) is 1.68. The Morgan fingerprint density at radius 3 is 2.56 bits per heavy atom. The zero-order valence-electron chi connectivity index (χ0n) is 18.6. The Labute approximate surface area is 186 Å². The summed E-state index contributed by atoms with van der Waals surface area (Å²) in [4.78, 5) is 25.0. The number of benzene rings is 2. The summed E-state index contributed by atoms with van der Waals surface area (Å²) in [5.41, 5.74) is 0.548. The lowest BCUT2D eigenvalue weighted by Crippen LogP contribution is -2.49. The van der Waals surface area contributed by atoms with Crippen LogP contribution in [-0.2, 0) is 9.47 Å². The molecule has 1 aliphatic heterocycles. The molecule has 2 unspecified atom stereocenters. The van der Waals surface area contributed by atoms with Gasteiger partial charge < -0.3 is 23.9 Å². The third-order valence-corrected chi connectivity index (χ3v) is 5.80. The van der Waals surface area contributed by atoms with Gasteiger partial charge in [0.15, 0.2) is 0 Å². The Hall–Kier alpha value is -3.16. The Morgan fingerprint density at radius 1 is 1.12 bits per heavy atom. The van der Waals surface area contributed by atoms with Crippen molar-refractivity contribution in [3.8, 4) is 5.75 Å². The van der Waals surface area contributed by atoms with E-state index < -0.39 is 17.5 Å². The van der Waals surface area contributed by atoms with Crippen LogP contribution in [0, 0.1) is 6.92 Å². The molecule has 168 valence electrons. The van der Waals surface area contributed by atoms with Gasteiger partial charge in [-0.05, 0) is 57.5 Å². The number of anilines is 1. The molecule has 0 saturated carbocycles. The highest BCUT2D eigenvalue weighted by atomic mass is 16.7. The summed E-state index contributed by atoms with van der Waals surface area (Å²) in [5.74, 6) is 0.207. The maximum atomic E-state index is 12.5. The Balaban J connectivity index is 1.56. The lowest BCUT2D eigenvalue weighted by molar-refractivity contribution is -0.233. The molecule has 0 radical (unpaired) electrons. The standard InChI is InChI=1S/C25H27NO6/c1-15-19(30-21-13-12-20(29-4)25(2,3)32-21)11-10-17-14-18(24(28)31-22(15)17)26-23(27)16-8-6-5-7-9-16/h5-11,14,20-21H,12-13H2,1-4H3,(H,26,27). The molecule has 4 rings (SSSR count). The van der Waals surface area contributed by atoms with Crippen LogP contribution in [0.25, 0.3) is 11.0 Å². The van der Waals surface area contributed by atoms with Gasteiger partial charge in [0.05, 0.1) is 11.7 Å². The molecule has 32 heavy (non-hydrogen) atoms. The monoisotopic (exact) mass is 437 g/mol. The highest BCUT2D eigenvalue weighted by Gasteiger charge is 2.39. The molecule has 2 heterocycles. The first kappa shape index (κ1) is 22.0. The van der Waals surface area contributed by atoms with Crippen molar-refractivity contribution >= 4 is 22.6 Å². The fourth-order valence-corrected chi connectivity index (χ4v) is 4.04. The number of fused-ring (bicyclic) bond motifs is 1. The predicted molar refractivity (Wildman–Crippen MR) is 121 cm³/mol. The van der Waals surface area contributed by atoms with Gasteiger partial charge in [0.1, 0.15) is 17.0 Å². The first-order chi connectivity index (χ1) is 15.3. The molecule has 3 aromatic rings. The average Bonchev–Trinajstić information content (AvgIpc) is 2.77. The van der Waals surface area contributed by atoms with Gasteiger partial charge in [-0.3, -0.25) is 4.79 Å². The van der Waals surface area contributed by atoms with Crippen LogP contribution in [0.2, 0.25) is 0 Å². The van der Waals surface area contributed by atoms with Gasteiger partial charge >= 0.3 is 5.63 Å². The van der Waals surface area contributed by atoms with Gasteiger partial charge in [0.2, 0.25) is 6.29 Å². The number of ether oxygens (including phenoxy) is 3. The maximum Gasteiger partial charge on any atom is 0.360 e. The Bertz CT molecular complexity index is 1180. The SMILES string of the molecule is COC1CCC(Oc2ccc3cc(NC(=O)c4ccccc4)c(=O)oc3c2C)OC1(C)C. The minimum atomic E-state index is -0.625. The Morgan fingerprint density at radius 2 is 1.88 bits per heavy atom. The van der Waals surface area contributed by atoms with Crippen LogP contribution in [0.5, 0.6) is 5.75 Å². The average molecular weight is 437 g/mol. The molecule has 1 saturated heterocycles. The molecule has 0 spiro atoms. The number of hydrogen-bond donors (Lipinski definition) is 1. The molecule has 1 aliphatic rings. The van der Waals surface area contributed by atoms with E-state index in [0.717, 1.165) is 6.42 Å². The second kappa shape index (κ2) is 8.76. The molecule has 1 N–H and O–H groups in total. The van der Waals surface area contributed by atoms with Crippen LogP contribution in [0.4, 0.5) is 5.69 Å². The number of hydrogen-bond acceptors (Lipinski definition) is 6. The summed E-state index contributed by atoms with van der Waals surface area (Å²) in [6, 6.07) is 13.9. The molecule has 1 aromatic heterocycles. The second-order valence-corrected chi connectivity index (χ2v) is 8.45. The third kappa shape index (κ3) is 4.40. The minimum absolute atomic E-state index is 0.00240. The predicted octanol–water partition coefficient (Wildman–Crippen LogP) is 4.66. The van der Waals surface area contributed by atoms with E-state index in [1.165, 1.54) is 0 Å². The van der Waals surface area contributed by atoms with Crippen LogP contribution in [0.1, 0.15) is 42.6 Å². The van der Waals surface area contributed by atoms with Crippen molar-refractivity contribution in [1.29, 1.82) is 0 Å². The van der Waals surface area contributed by atoms with Crippen LogP contribution < -0.4 is 15.7 Å². The fraction of sp³-hybridized carbons (Fsp3) is 0.360. The van der Waals surface area contributed by atoms with Gasteiger partial charge in [-0.2, -0.15) is 0 Å². The summed E-state index contributed by atoms with van der Waals surface area (Å²) in [6.45, 7) is 5.79. The van der Waals surface area contributed by atoms with Crippen molar-refractivity contribution in [2.75, 3.05) is 12.4 Å². The van der Waals surface area contributed by atoms with E-state index in [9.17, 15) is 9.59 Å². The molecule has 7 nitrogen and oxygen atoms in total. The first-order valence-electron chi connectivity index (χ1n) is 10.6. The highest BCUT2D eigenvalue weighted by molar-refractivity contribution is 6.04. The van der Waals surface area contributed by atoms with Crippen molar-refractivity contribution in [2.45, 2.75) is 51.6 Å². The van der Waals surface area contributed by atoms with Gasteiger partial charge in [-0.1, -0.05) is 18.2 Å². The highest BCUT2D eigenvalue weighted by Crippen LogP contribution is 2.34. The zero-order chi connectivity index (χ0) is 22.9. The smallest absolute Gasteiger partial charge is 0.360 e. The molecular formula is C25H27NO6. The lowest BCUT2D eigenvalue weighted by Gasteiger charge is -2.41. The van der Waals surface area contributed by atoms with Gasteiger partial charge in [-0.15, -0.1) is 0 Å². The molecular weight excluding hydrogens is 410 g/mol. The van der Waals surface area contributed by atoms with Crippen molar-refractivity contribution in [2.24, 2.45) is 0 Å². The van der Waals surface area contributed by atoms with E-state index in [2.05, 4.69) is 5.32 Å². The largest absolute Gasteiger partial charge is 0.465 e. The van der Waals surface area contributed by atoms with E-state index in [0.29, 0.717) is 34.3 Å². The molecule has 0 bridgehead atoms. The van der Waals surface area contributed by atoms with Crippen molar-refractivity contribution in [3.63, 3.8) is 0 Å². The molecule has 2 aromatic carbocycles. The topological polar surface area (TPSA) is 87.0 Å². The lowest BCUT2D eigenvalue weighted by atomic mass is 9.94. The van der Waals surface area contributed by atoms with Gasteiger partial charge in [0.25, 0.3) is 5.91 Å². The summed E-state index contributed by atoms with van der Waals surface area (Å²) >= 11 is 0. The fourth-order valence-electron chi connectivity index (χ4n) is 4.04. The molecule has 7 heteroatoms. The number of nitrogens with one attached hydrogen (secondary N) is 1. The van der Waals surface area contributed by atoms with E-state index in [-0.39, 0.29) is 17.7 Å². The number of rotatable bonds is 5. The van der Waals surface area contributed by atoms with Gasteiger partial charge in [0, 0.05) is 30.0 Å². The molecule has 2 atom stereocenters. The van der Waals surface area contributed by atoms with Gasteiger partial charge in [-0.25, -0.2) is 4.79 Å². The molecule has 1 amide bonds. The van der Waals surface area contributed by atoms with Crippen LogP contribution in [0.15, 0.2) is 57.7 Å². The normalized spacial score (nSPS) is 20.1. The van der Waals surface area contributed by atoms with Crippen molar-refractivity contribution in [3.05, 3.63) is 70.1 Å². The minimum Gasteiger partial charge on any atom is -0.465 e. The van der Waals surface area contributed by atoms with E-state index in [1.54, 1.807) is 43.5 Å². The van der Waals surface area contributed by atoms with Crippen LogP contribution in [0.3, 0.4) is 0 Å². The Kier molecular flexibility index (Phi) is 6.04. The quantitative estimate of drug-likeness (QED) is 0.584. The number of methoxy groups -OCH3 is 1. The van der Waals surface area contributed by atoms with E-state index >= 15 is 0 Å². The number of carbonyl (C=O) groups excluding carboxylic acids is 1. The summed E-state index contributed by atoms with van der Waals surface area (Å²) in [5, 5.41) is 3.31. The maximum absolute atomic E-state index is 12.5. The molecule has 1 fully saturated rings. The van der Waals surface area contributed by atoms with Crippen molar-refractivity contribution in [1.82, 2.24) is 0 Å². The van der Waals surface area contributed by atoms with Crippen molar-refractivity contribution < 1.29 is 23.4 Å². The van der Waals surface area contributed by atoms with Crippen LogP contribution in [-0.4, -0.2) is 31.0 Å². The number of amides is 1. The molecule has 0 aliphatic carbocycles. The first-order valence-corrected chi connectivity index (χ1v) is 10.6. The number of aryl methyl sites for hydroxylation is 1. The third-order valence-electron chi connectivity index (χ3n) is 5.80. The zero-order valence-corrected chi connectivity index (χ0v) is 18.6. The second-order valence-electron chi connectivity index (χ2n) is 8.45. The summed E-state index contributed by atoms with van der Waals surface area (Å²) in [6.07, 6.45) is 1.08. The van der Waals surface area contributed by atoms with E-state index in [1.807, 2.05) is 32.9 Å². The van der Waals surface area contributed by atoms with E-state index in [4.69, 9.17) is 18.6 Å². The van der Waals surface area contributed by atoms with Crippen LogP contribution >= 0.6 is 0 Å². The summed E-state index contributed by atoms with van der Waals surface area (Å²) < 4.78 is 23.3. The number of carbonyl (C=O) groups is 1.